The van der Waals surface area contributed by atoms with Crippen LogP contribution in [0.25, 0.3) is 11.1 Å². The lowest BCUT2D eigenvalue weighted by molar-refractivity contribution is 0.233. The Bertz CT molecular complexity index is 506. The van der Waals surface area contributed by atoms with Gasteiger partial charge < -0.3 is 14.6 Å². The van der Waals surface area contributed by atoms with Crippen LogP contribution in [0.4, 0.5) is 0 Å². The molecule has 0 aliphatic rings. The minimum absolute atomic E-state index is 0.155. The first kappa shape index (κ1) is 13.4. The van der Waals surface area contributed by atoms with Gasteiger partial charge in [-0.05, 0) is 35.4 Å². The Morgan fingerprint density at radius 1 is 0.947 bits per heavy atom. The van der Waals surface area contributed by atoms with E-state index in [0.717, 1.165) is 22.6 Å². The fraction of sp³-hybridized carbons (Fsp3) is 0.250. The SMILES string of the molecule is COc1cccc(-c2ccc(OCCCO)cc2)c1. The zero-order chi connectivity index (χ0) is 13.5. The van der Waals surface area contributed by atoms with Crippen molar-refractivity contribution in [2.75, 3.05) is 20.3 Å². The minimum Gasteiger partial charge on any atom is -0.497 e. The molecule has 0 bridgehead atoms. The predicted molar refractivity (Wildman–Crippen MR) is 75.6 cm³/mol. The molecule has 0 amide bonds. The van der Waals surface area contributed by atoms with E-state index >= 15 is 0 Å². The summed E-state index contributed by atoms with van der Waals surface area (Å²) in [7, 11) is 1.66. The van der Waals surface area contributed by atoms with Crippen LogP contribution in [-0.4, -0.2) is 25.4 Å². The molecule has 0 atom stereocenters. The van der Waals surface area contributed by atoms with E-state index in [0.29, 0.717) is 13.0 Å². The maximum atomic E-state index is 8.69. The quantitative estimate of drug-likeness (QED) is 0.809. The van der Waals surface area contributed by atoms with E-state index < -0.39 is 0 Å². The molecule has 0 saturated carbocycles. The molecule has 0 saturated heterocycles. The summed E-state index contributed by atoms with van der Waals surface area (Å²) in [5.74, 6) is 1.67. The molecule has 2 aromatic rings. The fourth-order valence-corrected chi connectivity index (χ4v) is 1.80. The lowest BCUT2D eigenvalue weighted by Crippen LogP contribution is -1.99. The van der Waals surface area contributed by atoms with E-state index in [1.165, 1.54) is 0 Å². The molecular weight excluding hydrogens is 240 g/mol. The van der Waals surface area contributed by atoms with E-state index in [9.17, 15) is 0 Å². The van der Waals surface area contributed by atoms with Crippen molar-refractivity contribution in [3.05, 3.63) is 48.5 Å². The Balaban J connectivity index is 2.08. The minimum atomic E-state index is 0.155. The summed E-state index contributed by atoms with van der Waals surface area (Å²) in [6.45, 7) is 0.691. The highest BCUT2D eigenvalue weighted by Crippen LogP contribution is 2.25. The van der Waals surface area contributed by atoms with Crippen molar-refractivity contribution in [2.24, 2.45) is 0 Å². The summed E-state index contributed by atoms with van der Waals surface area (Å²) >= 11 is 0. The number of ether oxygens (including phenoxy) is 2. The number of hydrogen-bond donors (Lipinski definition) is 1. The van der Waals surface area contributed by atoms with Gasteiger partial charge in [-0.15, -0.1) is 0 Å². The summed E-state index contributed by atoms with van der Waals surface area (Å²) in [4.78, 5) is 0. The maximum absolute atomic E-state index is 8.69. The second kappa shape index (κ2) is 6.81. The van der Waals surface area contributed by atoms with Gasteiger partial charge >= 0.3 is 0 Å². The summed E-state index contributed by atoms with van der Waals surface area (Å²) in [6, 6.07) is 15.9. The first-order valence-electron chi connectivity index (χ1n) is 6.31. The van der Waals surface area contributed by atoms with Crippen molar-refractivity contribution in [3.63, 3.8) is 0 Å². The first-order valence-corrected chi connectivity index (χ1v) is 6.31. The smallest absolute Gasteiger partial charge is 0.119 e. The monoisotopic (exact) mass is 258 g/mol. The molecular formula is C16H18O3. The third-order valence-corrected chi connectivity index (χ3v) is 2.83. The molecule has 0 unspecified atom stereocenters. The molecule has 1 N–H and O–H groups in total. The van der Waals surface area contributed by atoms with Gasteiger partial charge in [0.05, 0.1) is 13.7 Å². The molecule has 3 heteroatoms. The van der Waals surface area contributed by atoms with Gasteiger partial charge in [-0.2, -0.15) is 0 Å². The molecule has 0 aliphatic heterocycles. The average molecular weight is 258 g/mol. The largest absolute Gasteiger partial charge is 0.497 e. The second-order valence-corrected chi connectivity index (χ2v) is 4.18. The summed E-state index contributed by atoms with van der Waals surface area (Å²) in [6.07, 6.45) is 0.650. The van der Waals surface area contributed by atoms with Crippen LogP contribution in [0.3, 0.4) is 0 Å². The number of benzene rings is 2. The van der Waals surface area contributed by atoms with Crippen LogP contribution in [0.2, 0.25) is 0 Å². The zero-order valence-electron chi connectivity index (χ0n) is 11.0. The molecule has 0 heterocycles. The molecule has 3 nitrogen and oxygen atoms in total. The fourth-order valence-electron chi connectivity index (χ4n) is 1.80. The molecule has 19 heavy (non-hydrogen) atoms. The number of methoxy groups -OCH3 is 1. The standard InChI is InChI=1S/C16H18O3/c1-18-16-5-2-4-14(12-16)13-6-8-15(9-7-13)19-11-3-10-17/h2,4-9,12,17H,3,10-11H2,1H3. The molecule has 0 radical (unpaired) electrons. The van der Waals surface area contributed by atoms with Crippen molar-refractivity contribution >= 4 is 0 Å². The van der Waals surface area contributed by atoms with Crippen molar-refractivity contribution in [1.82, 2.24) is 0 Å². The van der Waals surface area contributed by atoms with Gasteiger partial charge in [0, 0.05) is 13.0 Å². The van der Waals surface area contributed by atoms with Crippen molar-refractivity contribution < 1.29 is 14.6 Å². The molecule has 0 fully saturated rings. The number of aliphatic hydroxyl groups is 1. The van der Waals surface area contributed by atoms with E-state index in [1.807, 2.05) is 48.5 Å². The first-order chi connectivity index (χ1) is 9.33. The van der Waals surface area contributed by atoms with E-state index in [1.54, 1.807) is 7.11 Å². The zero-order valence-corrected chi connectivity index (χ0v) is 11.0. The van der Waals surface area contributed by atoms with Gasteiger partial charge in [0.2, 0.25) is 0 Å². The summed E-state index contributed by atoms with van der Waals surface area (Å²) < 4.78 is 10.7. The molecule has 100 valence electrons. The van der Waals surface area contributed by atoms with Gasteiger partial charge in [-0.3, -0.25) is 0 Å². The third kappa shape index (κ3) is 3.73. The van der Waals surface area contributed by atoms with Crippen molar-refractivity contribution in [1.29, 1.82) is 0 Å². The van der Waals surface area contributed by atoms with Gasteiger partial charge in [-0.1, -0.05) is 24.3 Å². The van der Waals surface area contributed by atoms with E-state index in [2.05, 4.69) is 0 Å². The van der Waals surface area contributed by atoms with Crippen LogP contribution in [0.5, 0.6) is 11.5 Å². The molecule has 0 spiro atoms. The van der Waals surface area contributed by atoms with Gasteiger partial charge in [0.1, 0.15) is 11.5 Å². The average Bonchev–Trinajstić information content (AvgIpc) is 2.48. The van der Waals surface area contributed by atoms with Crippen LogP contribution in [0.1, 0.15) is 6.42 Å². The topological polar surface area (TPSA) is 38.7 Å². The van der Waals surface area contributed by atoms with Gasteiger partial charge in [0.15, 0.2) is 0 Å². The summed E-state index contributed by atoms with van der Waals surface area (Å²) in [5.41, 5.74) is 2.23. The van der Waals surface area contributed by atoms with Gasteiger partial charge in [-0.25, -0.2) is 0 Å². The van der Waals surface area contributed by atoms with Crippen LogP contribution in [0.15, 0.2) is 48.5 Å². The Kier molecular flexibility index (Phi) is 4.81. The Morgan fingerprint density at radius 2 is 1.74 bits per heavy atom. The van der Waals surface area contributed by atoms with Crippen LogP contribution < -0.4 is 9.47 Å². The highest BCUT2D eigenvalue weighted by Gasteiger charge is 2.00. The Hall–Kier alpha value is -2.00. The molecule has 0 aromatic heterocycles. The molecule has 2 rings (SSSR count). The van der Waals surface area contributed by atoms with Crippen LogP contribution in [0, 0.1) is 0 Å². The van der Waals surface area contributed by atoms with E-state index in [-0.39, 0.29) is 6.61 Å². The highest BCUT2D eigenvalue weighted by molar-refractivity contribution is 5.65. The van der Waals surface area contributed by atoms with Crippen LogP contribution >= 0.6 is 0 Å². The van der Waals surface area contributed by atoms with Crippen molar-refractivity contribution in [3.8, 4) is 22.6 Å². The number of aliphatic hydroxyl groups excluding tert-OH is 1. The Morgan fingerprint density at radius 3 is 2.42 bits per heavy atom. The molecule has 2 aromatic carbocycles. The predicted octanol–water partition coefficient (Wildman–Crippen LogP) is 3.12. The van der Waals surface area contributed by atoms with Crippen LogP contribution in [-0.2, 0) is 0 Å². The maximum Gasteiger partial charge on any atom is 0.119 e. The summed E-state index contributed by atoms with van der Waals surface area (Å²) in [5, 5.41) is 8.69. The lowest BCUT2D eigenvalue weighted by atomic mass is 10.1. The lowest BCUT2D eigenvalue weighted by Gasteiger charge is -2.07. The van der Waals surface area contributed by atoms with Gasteiger partial charge in [0.25, 0.3) is 0 Å². The number of rotatable bonds is 6. The number of hydrogen-bond acceptors (Lipinski definition) is 3. The normalized spacial score (nSPS) is 10.2. The van der Waals surface area contributed by atoms with Crippen molar-refractivity contribution in [2.45, 2.75) is 6.42 Å². The third-order valence-electron chi connectivity index (χ3n) is 2.83. The highest BCUT2D eigenvalue weighted by atomic mass is 16.5. The molecule has 0 aliphatic carbocycles. The van der Waals surface area contributed by atoms with E-state index in [4.69, 9.17) is 14.6 Å². The second-order valence-electron chi connectivity index (χ2n) is 4.18. The Labute approximate surface area is 113 Å².